The van der Waals surface area contributed by atoms with Crippen LogP contribution in [0.2, 0.25) is 0 Å². The zero-order valence-electron chi connectivity index (χ0n) is 11.1. The molecule has 0 fully saturated rings. The van der Waals surface area contributed by atoms with Crippen LogP contribution in [0.25, 0.3) is 16.9 Å². The van der Waals surface area contributed by atoms with Crippen LogP contribution in [0.1, 0.15) is 10.5 Å². The molecule has 5 nitrogen and oxygen atoms in total. The molecule has 22 heavy (non-hydrogen) atoms. The van der Waals surface area contributed by atoms with E-state index in [9.17, 15) is 18.7 Å². The molecule has 0 saturated carbocycles. The van der Waals surface area contributed by atoms with Crippen molar-refractivity contribution < 1.29 is 18.7 Å². The molecule has 0 spiro atoms. The Bertz CT molecular complexity index is 861. The summed E-state index contributed by atoms with van der Waals surface area (Å²) in [5.41, 5.74) is -0.0987. The van der Waals surface area contributed by atoms with Gasteiger partial charge in [-0.25, -0.2) is 18.3 Å². The number of hydrogen-bond acceptors (Lipinski definition) is 3. The maximum Gasteiger partial charge on any atom is 0.358 e. The van der Waals surface area contributed by atoms with E-state index in [0.717, 1.165) is 10.7 Å². The van der Waals surface area contributed by atoms with E-state index in [1.165, 1.54) is 36.4 Å². The average Bonchev–Trinajstić information content (AvgIpc) is 2.92. The number of para-hydroxylation sites is 1. The molecule has 1 aromatic heterocycles. The van der Waals surface area contributed by atoms with Gasteiger partial charge < -0.3 is 5.11 Å². The number of nitrogens with zero attached hydrogens (tertiary/aromatic N) is 3. The quantitative estimate of drug-likeness (QED) is 0.807. The van der Waals surface area contributed by atoms with E-state index in [0.29, 0.717) is 0 Å². The van der Waals surface area contributed by atoms with Crippen molar-refractivity contribution >= 4 is 5.97 Å². The summed E-state index contributed by atoms with van der Waals surface area (Å²) in [6.45, 7) is 0. The highest BCUT2D eigenvalue weighted by molar-refractivity contribution is 5.93. The molecule has 3 aromatic rings. The molecule has 1 N–H and O–H groups in total. The lowest BCUT2D eigenvalue weighted by Crippen LogP contribution is -2.05. The van der Waals surface area contributed by atoms with Crippen molar-refractivity contribution in [1.82, 2.24) is 15.0 Å². The van der Waals surface area contributed by atoms with Gasteiger partial charge in [-0.05, 0) is 24.3 Å². The molecule has 0 amide bonds. The van der Waals surface area contributed by atoms with Gasteiger partial charge in [-0.1, -0.05) is 29.5 Å². The first-order chi connectivity index (χ1) is 10.6. The van der Waals surface area contributed by atoms with Gasteiger partial charge >= 0.3 is 5.97 Å². The van der Waals surface area contributed by atoms with Crippen molar-refractivity contribution in [2.45, 2.75) is 0 Å². The van der Waals surface area contributed by atoms with Crippen molar-refractivity contribution in [2.75, 3.05) is 0 Å². The minimum atomic E-state index is -1.33. The molecule has 2 aromatic carbocycles. The van der Waals surface area contributed by atoms with Crippen molar-refractivity contribution in [2.24, 2.45) is 0 Å². The lowest BCUT2D eigenvalue weighted by molar-refractivity contribution is 0.0691. The van der Waals surface area contributed by atoms with Crippen LogP contribution in [-0.2, 0) is 0 Å². The molecule has 7 heteroatoms. The third-order valence-corrected chi connectivity index (χ3v) is 3.05. The number of carboxylic acid groups (broad SMARTS) is 1. The topological polar surface area (TPSA) is 68.0 Å². The first-order valence-electron chi connectivity index (χ1n) is 6.28. The maximum absolute atomic E-state index is 14.0. The van der Waals surface area contributed by atoms with Crippen molar-refractivity contribution in [1.29, 1.82) is 0 Å². The summed E-state index contributed by atoms with van der Waals surface area (Å²) in [6, 6.07) is 11.0. The van der Waals surface area contributed by atoms with E-state index in [1.54, 1.807) is 6.07 Å². The predicted molar refractivity (Wildman–Crippen MR) is 73.7 cm³/mol. The first kappa shape index (κ1) is 13.9. The minimum Gasteiger partial charge on any atom is -0.476 e. The minimum absolute atomic E-state index is 0.0112. The summed E-state index contributed by atoms with van der Waals surface area (Å²) in [5.74, 6) is -2.47. The van der Waals surface area contributed by atoms with Gasteiger partial charge in [0, 0.05) is 5.56 Å². The predicted octanol–water partition coefficient (Wildman–Crippen LogP) is 2.91. The Morgan fingerprint density at radius 1 is 1.09 bits per heavy atom. The number of aromatic carboxylic acids is 1. The second-order valence-electron chi connectivity index (χ2n) is 4.47. The zero-order chi connectivity index (χ0) is 15.7. The number of benzene rings is 2. The molecule has 0 radical (unpaired) electrons. The van der Waals surface area contributed by atoms with E-state index < -0.39 is 17.6 Å². The molecule has 0 aliphatic carbocycles. The summed E-state index contributed by atoms with van der Waals surface area (Å²) in [6.07, 6.45) is 0. The highest BCUT2D eigenvalue weighted by Gasteiger charge is 2.23. The zero-order valence-corrected chi connectivity index (χ0v) is 11.1. The van der Waals surface area contributed by atoms with Crippen LogP contribution in [0.3, 0.4) is 0 Å². The largest absolute Gasteiger partial charge is 0.476 e. The van der Waals surface area contributed by atoms with E-state index in [4.69, 9.17) is 0 Å². The molecule has 3 rings (SSSR count). The van der Waals surface area contributed by atoms with Crippen LogP contribution in [0, 0.1) is 11.6 Å². The Balaban J connectivity index is 2.29. The lowest BCUT2D eigenvalue weighted by Gasteiger charge is -2.08. The maximum atomic E-state index is 14.0. The Morgan fingerprint density at radius 3 is 2.55 bits per heavy atom. The molecule has 0 atom stereocenters. The Hall–Kier alpha value is -3.09. The van der Waals surface area contributed by atoms with Crippen molar-refractivity contribution in [3.63, 3.8) is 0 Å². The SMILES string of the molecule is O=C(O)c1nnn(-c2ccccc2F)c1-c1cccc(F)c1. The van der Waals surface area contributed by atoms with Crippen molar-refractivity contribution in [3.05, 3.63) is 65.9 Å². The molecule has 1 heterocycles. The van der Waals surface area contributed by atoms with E-state index in [2.05, 4.69) is 10.3 Å². The number of rotatable bonds is 3. The molecule has 0 bridgehead atoms. The average molecular weight is 301 g/mol. The summed E-state index contributed by atoms with van der Waals surface area (Å²) in [5, 5.41) is 16.5. The number of aromatic nitrogens is 3. The monoisotopic (exact) mass is 301 g/mol. The summed E-state index contributed by atoms with van der Waals surface area (Å²) in [7, 11) is 0. The van der Waals surface area contributed by atoms with Gasteiger partial charge in [0.25, 0.3) is 0 Å². The van der Waals surface area contributed by atoms with Crippen LogP contribution in [0.15, 0.2) is 48.5 Å². The summed E-state index contributed by atoms with van der Waals surface area (Å²) < 4.78 is 28.4. The summed E-state index contributed by atoms with van der Waals surface area (Å²) in [4.78, 5) is 11.3. The Kier molecular flexibility index (Phi) is 3.38. The molecule has 0 aliphatic heterocycles. The fourth-order valence-electron chi connectivity index (χ4n) is 2.11. The molecule has 110 valence electrons. The van der Waals surface area contributed by atoms with Crippen LogP contribution in [0.5, 0.6) is 0 Å². The first-order valence-corrected chi connectivity index (χ1v) is 6.28. The van der Waals surface area contributed by atoms with E-state index in [-0.39, 0.29) is 22.6 Å². The highest BCUT2D eigenvalue weighted by Crippen LogP contribution is 2.26. The van der Waals surface area contributed by atoms with E-state index in [1.807, 2.05) is 0 Å². The fourth-order valence-corrected chi connectivity index (χ4v) is 2.11. The number of carboxylic acids is 1. The normalized spacial score (nSPS) is 10.6. The third kappa shape index (κ3) is 2.32. The van der Waals surface area contributed by atoms with Gasteiger partial charge in [0.05, 0.1) is 0 Å². The van der Waals surface area contributed by atoms with Crippen molar-refractivity contribution in [3.8, 4) is 16.9 Å². The van der Waals surface area contributed by atoms with Gasteiger partial charge in [-0.15, -0.1) is 5.10 Å². The fraction of sp³-hybridized carbons (Fsp3) is 0. The third-order valence-electron chi connectivity index (χ3n) is 3.05. The molecule has 0 saturated heterocycles. The number of carbonyl (C=O) groups is 1. The van der Waals surface area contributed by atoms with E-state index >= 15 is 0 Å². The molecular formula is C15H9F2N3O2. The highest BCUT2D eigenvalue weighted by atomic mass is 19.1. The van der Waals surface area contributed by atoms with Crippen LogP contribution >= 0.6 is 0 Å². The van der Waals surface area contributed by atoms with Gasteiger partial charge in [0.2, 0.25) is 0 Å². The Morgan fingerprint density at radius 2 is 1.86 bits per heavy atom. The van der Waals surface area contributed by atoms with Gasteiger partial charge in [-0.3, -0.25) is 0 Å². The lowest BCUT2D eigenvalue weighted by atomic mass is 10.1. The molecule has 0 aliphatic rings. The smallest absolute Gasteiger partial charge is 0.358 e. The van der Waals surface area contributed by atoms with Crippen LogP contribution in [0.4, 0.5) is 8.78 Å². The Labute approximate surface area is 123 Å². The summed E-state index contributed by atoms with van der Waals surface area (Å²) >= 11 is 0. The van der Waals surface area contributed by atoms with Gasteiger partial charge in [-0.2, -0.15) is 0 Å². The molecular weight excluding hydrogens is 292 g/mol. The second-order valence-corrected chi connectivity index (χ2v) is 4.47. The molecule has 0 unspecified atom stereocenters. The standard InChI is InChI=1S/C15H9F2N3O2/c16-10-5-3-4-9(8-10)14-13(15(21)22)18-19-20(14)12-7-2-1-6-11(12)17/h1-8H,(H,21,22). The van der Waals surface area contributed by atoms with Crippen LogP contribution in [-0.4, -0.2) is 26.1 Å². The number of hydrogen-bond donors (Lipinski definition) is 1. The van der Waals surface area contributed by atoms with Crippen LogP contribution < -0.4 is 0 Å². The van der Waals surface area contributed by atoms with Gasteiger partial charge in [0.15, 0.2) is 5.69 Å². The number of halogens is 2. The van der Waals surface area contributed by atoms with Gasteiger partial charge in [0.1, 0.15) is 23.0 Å². The second kappa shape index (κ2) is 5.36.